The van der Waals surface area contributed by atoms with E-state index in [4.69, 9.17) is 33.2 Å². The van der Waals surface area contributed by atoms with Gasteiger partial charge in [0.2, 0.25) is 0 Å². The Morgan fingerprint density at radius 2 is 1.79 bits per heavy atom. The number of aliphatic hydroxyl groups excluding tert-OH is 1. The smallest absolute Gasteiger partial charge is 0.330 e. The normalized spacial score (nSPS) is 34.3. The maximum Gasteiger partial charge on any atom is 0.330 e. The van der Waals surface area contributed by atoms with Crippen LogP contribution >= 0.6 is 21.6 Å². The van der Waals surface area contributed by atoms with Crippen LogP contribution in [-0.4, -0.2) is 90.5 Å². The lowest BCUT2D eigenvalue weighted by atomic mass is 10.2. The Hall–Kier alpha value is -0.940. The van der Waals surface area contributed by atoms with Gasteiger partial charge in [-0.3, -0.25) is 14.3 Å². The number of aliphatic hydroxyl groups is 1. The average Bonchev–Trinajstić information content (AvgIpc) is 3.52. The number of methoxy groups -OCH3 is 1. The van der Waals surface area contributed by atoms with Crippen LogP contribution in [0.1, 0.15) is 18.2 Å². The molecule has 3 saturated heterocycles. The molecular formula is C19H28N2O10S2. The molecule has 3 fully saturated rings. The molecule has 12 nitrogen and oxygen atoms in total. The molecule has 3 aliphatic heterocycles. The van der Waals surface area contributed by atoms with E-state index in [-0.39, 0.29) is 25.2 Å². The van der Waals surface area contributed by atoms with E-state index in [0.717, 1.165) is 5.75 Å². The molecule has 0 aromatic carbocycles. The van der Waals surface area contributed by atoms with E-state index in [1.54, 1.807) is 28.5 Å². The molecule has 0 bridgehead atoms. The SMILES string of the molecule is COC1OCC(CSSCC2COC(OCC3O[C@@H](n4cc(C)c(=O)[nH]c4=O)C[C@H]3O)O2)O1. The Morgan fingerprint density at radius 3 is 2.45 bits per heavy atom. The number of aromatic amines is 1. The van der Waals surface area contributed by atoms with Crippen molar-refractivity contribution < 1.29 is 38.3 Å². The summed E-state index contributed by atoms with van der Waals surface area (Å²) < 4.78 is 39.7. The zero-order chi connectivity index (χ0) is 23.4. The molecule has 0 aliphatic carbocycles. The number of aryl methyl sites for hydroxylation is 1. The summed E-state index contributed by atoms with van der Waals surface area (Å²) in [6.45, 7) is 1.11. The fourth-order valence-electron chi connectivity index (χ4n) is 3.49. The van der Waals surface area contributed by atoms with Crippen molar-refractivity contribution in [2.24, 2.45) is 0 Å². The average molecular weight is 509 g/mol. The summed E-state index contributed by atoms with van der Waals surface area (Å²) in [5, 5.41) is 10.3. The zero-order valence-corrected chi connectivity index (χ0v) is 19.9. The van der Waals surface area contributed by atoms with Gasteiger partial charge in [-0.05, 0) is 6.92 Å². The van der Waals surface area contributed by atoms with Crippen molar-refractivity contribution in [1.82, 2.24) is 9.55 Å². The van der Waals surface area contributed by atoms with E-state index in [2.05, 4.69) is 4.98 Å². The minimum absolute atomic E-state index is 0.00171. The quantitative estimate of drug-likeness (QED) is 0.323. The number of hydrogen-bond acceptors (Lipinski definition) is 12. The molecule has 186 valence electrons. The summed E-state index contributed by atoms with van der Waals surface area (Å²) in [5.74, 6) is 1.49. The lowest BCUT2D eigenvalue weighted by molar-refractivity contribution is -0.249. The van der Waals surface area contributed by atoms with Crippen molar-refractivity contribution in [2.45, 2.75) is 56.9 Å². The van der Waals surface area contributed by atoms with Crippen LogP contribution in [-0.2, 0) is 33.2 Å². The van der Waals surface area contributed by atoms with Gasteiger partial charge in [0.15, 0.2) is 0 Å². The molecule has 0 saturated carbocycles. The Morgan fingerprint density at radius 1 is 1.12 bits per heavy atom. The second-order valence-corrected chi connectivity index (χ2v) is 10.4. The van der Waals surface area contributed by atoms with Crippen LogP contribution in [0.5, 0.6) is 0 Å². The third kappa shape index (κ3) is 6.60. The number of nitrogens with zero attached hydrogens (tertiary/aromatic N) is 1. The molecule has 3 aliphatic rings. The van der Waals surface area contributed by atoms with Gasteiger partial charge >= 0.3 is 5.69 Å². The van der Waals surface area contributed by atoms with E-state index < -0.39 is 42.6 Å². The first-order valence-electron chi connectivity index (χ1n) is 10.5. The molecule has 4 heterocycles. The lowest BCUT2D eigenvalue weighted by Crippen LogP contribution is -2.33. The van der Waals surface area contributed by atoms with Crippen LogP contribution in [0.25, 0.3) is 0 Å². The fourth-order valence-corrected chi connectivity index (χ4v) is 5.82. The van der Waals surface area contributed by atoms with Crippen molar-refractivity contribution >= 4 is 21.6 Å². The highest BCUT2D eigenvalue weighted by atomic mass is 33.1. The van der Waals surface area contributed by atoms with Crippen LogP contribution in [0.15, 0.2) is 15.8 Å². The van der Waals surface area contributed by atoms with Crippen molar-refractivity contribution in [3.05, 3.63) is 32.6 Å². The molecule has 4 rings (SSSR count). The van der Waals surface area contributed by atoms with E-state index in [1.807, 2.05) is 0 Å². The lowest BCUT2D eigenvalue weighted by Gasteiger charge is -2.18. The number of aromatic nitrogens is 2. The van der Waals surface area contributed by atoms with Gasteiger partial charge in [-0.25, -0.2) is 4.79 Å². The van der Waals surface area contributed by atoms with Gasteiger partial charge in [0.05, 0.1) is 38.1 Å². The van der Waals surface area contributed by atoms with Gasteiger partial charge < -0.3 is 38.3 Å². The number of rotatable bonds is 10. The van der Waals surface area contributed by atoms with Gasteiger partial charge in [-0.1, -0.05) is 21.6 Å². The Kier molecular flexibility index (Phi) is 8.89. The first-order valence-corrected chi connectivity index (χ1v) is 13.0. The third-order valence-electron chi connectivity index (χ3n) is 5.28. The van der Waals surface area contributed by atoms with Gasteiger partial charge in [0.1, 0.15) is 12.3 Å². The van der Waals surface area contributed by atoms with Gasteiger partial charge in [0, 0.05) is 36.8 Å². The van der Waals surface area contributed by atoms with Gasteiger partial charge in [0.25, 0.3) is 18.5 Å². The molecule has 33 heavy (non-hydrogen) atoms. The summed E-state index contributed by atoms with van der Waals surface area (Å²) >= 11 is 0. The number of nitrogens with one attached hydrogen (secondary N) is 1. The van der Waals surface area contributed by atoms with Crippen molar-refractivity contribution in [3.63, 3.8) is 0 Å². The van der Waals surface area contributed by atoms with Gasteiger partial charge in [-0.15, -0.1) is 0 Å². The molecular weight excluding hydrogens is 480 g/mol. The Labute approximate surface area is 197 Å². The molecule has 0 amide bonds. The number of H-pyrrole nitrogens is 1. The van der Waals surface area contributed by atoms with Crippen LogP contribution < -0.4 is 11.2 Å². The van der Waals surface area contributed by atoms with E-state index >= 15 is 0 Å². The summed E-state index contributed by atoms with van der Waals surface area (Å²) in [4.78, 5) is 25.8. The first kappa shape index (κ1) is 25.2. The third-order valence-corrected chi connectivity index (χ3v) is 7.78. The summed E-state index contributed by atoms with van der Waals surface area (Å²) in [6, 6.07) is 0. The molecule has 0 spiro atoms. The Bertz CT molecular complexity index is 898. The summed E-state index contributed by atoms with van der Waals surface area (Å²) in [7, 11) is 4.85. The Balaban J connectivity index is 1.14. The molecule has 14 heteroatoms. The monoisotopic (exact) mass is 508 g/mol. The second-order valence-electron chi connectivity index (χ2n) is 7.81. The minimum Gasteiger partial charge on any atom is -0.390 e. The maximum absolute atomic E-state index is 12.1. The van der Waals surface area contributed by atoms with Crippen LogP contribution in [0.2, 0.25) is 0 Å². The minimum atomic E-state index is -0.845. The first-order chi connectivity index (χ1) is 15.9. The second kappa shape index (κ2) is 11.7. The van der Waals surface area contributed by atoms with Gasteiger partial charge in [-0.2, -0.15) is 0 Å². The molecule has 0 radical (unpaired) electrons. The highest BCUT2D eigenvalue weighted by Crippen LogP contribution is 2.30. The standard InChI is InChI=1S/C19H28N2O10S2/c1-10-4-21(17(24)20-16(10)23)15-3-13(22)14(31-15)7-28-19-27-6-12(30-19)9-33-32-8-11-5-26-18(25-2)29-11/h4,11-15,18-19,22H,3,5-9H2,1-2H3,(H,20,23,24)/t11?,12?,13-,14?,15-,18?,19?/m1/s1. The molecule has 7 atom stereocenters. The van der Waals surface area contributed by atoms with E-state index in [9.17, 15) is 14.7 Å². The summed E-state index contributed by atoms with van der Waals surface area (Å²) in [6.07, 6.45) is -0.688. The summed E-state index contributed by atoms with van der Waals surface area (Å²) in [5.41, 5.74) is -0.655. The topological polar surface area (TPSA) is 140 Å². The highest BCUT2D eigenvalue weighted by molar-refractivity contribution is 8.76. The predicted octanol–water partition coefficient (Wildman–Crippen LogP) is -0.0642. The highest BCUT2D eigenvalue weighted by Gasteiger charge is 2.37. The van der Waals surface area contributed by atoms with E-state index in [1.165, 1.54) is 17.9 Å². The number of ether oxygens (including phenoxy) is 7. The zero-order valence-electron chi connectivity index (χ0n) is 18.2. The fraction of sp³-hybridized carbons (Fsp3) is 0.789. The van der Waals surface area contributed by atoms with Crippen molar-refractivity contribution in [3.8, 4) is 0 Å². The van der Waals surface area contributed by atoms with Crippen LogP contribution in [0, 0.1) is 6.92 Å². The molecule has 2 N–H and O–H groups in total. The van der Waals surface area contributed by atoms with Crippen molar-refractivity contribution in [1.29, 1.82) is 0 Å². The molecule has 5 unspecified atom stereocenters. The number of hydrogen-bond donors (Lipinski definition) is 2. The van der Waals surface area contributed by atoms with Crippen molar-refractivity contribution in [2.75, 3.05) is 38.4 Å². The largest absolute Gasteiger partial charge is 0.390 e. The predicted molar refractivity (Wildman–Crippen MR) is 118 cm³/mol. The maximum atomic E-state index is 12.1. The van der Waals surface area contributed by atoms with Crippen LogP contribution in [0.3, 0.4) is 0 Å². The van der Waals surface area contributed by atoms with E-state index in [0.29, 0.717) is 24.5 Å². The molecule has 1 aromatic rings. The molecule has 1 aromatic heterocycles. The van der Waals surface area contributed by atoms with Crippen LogP contribution in [0.4, 0.5) is 0 Å².